The summed E-state index contributed by atoms with van der Waals surface area (Å²) in [5.41, 5.74) is 1.36. The van der Waals surface area contributed by atoms with Crippen LogP contribution in [0.3, 0.4) is 0 Å². The maximum Gasteiger partial charge on any atom is 0.256 e. The number of carbonyl (C=O) groups excluding carboxylic acids is 1. The quantitative estimate of drug-likeness (QED) is 0.687. The summed E-state index contributed by atoms with van der Waals surface area (Å²) in [4.78, 5) is 19.4. The average molecular weight is 342 g/mol. The van der Waals surface area contributed by atoms with E-state index in [0.717, 1.165) is 30.2 Å². The molecule has 2 aliphatic rings. The normalized spacial score (nSPS) is 19.2. The number of aliphatic imine (C=N–C) groups is 1. The van der Waals surface area contributed by atoms with Crippen molar-refractivity contribution in [2.24, 2.45) is 4.99 Å². The Kier molecular flexibility index (Phi) is 3.84. The lowest BCUT2D eigenvalue weighted by Gasteiger charge is -2.20. The Morgan fingerprint density at radius 1 is 1.25 bits per heavy atom. The third-order valence-corrected chi connectivity index (χ3v) is 4.76. The Hall–Kier alpha value is -2.21. The van der Waals surface area contributed by atoms with Gasteiger partial charge < -0.3 is 14.4 Å². The SMILES string of the molecule is COc1cc2cc3c(cc2cc1OCS)N=CC1CCCN1C3=O. The molecule has 1 saturated heterocycles. The molecule has 0 saturated carbocycles. The number of hydrogen-bond donors (Lipinski definition) is 1. The average Bonchev–Trinajstić information content (AvgIpc) is 3.02. The molecule has 0 radical (unpaired) electrons. The van der Waals surface area contributed by atoms with Crippen LogP contribution in [0.4, 0.5) is 5.69 Å². The fourth-order valence-electron chi connectivity index (χ4n) is 3.44. The van der Waals surface area contributed by atoms with E-state index in [1.807, 2.05) is 35.4 Å². The highest BCUT2D eigenvalue weighted by Crippen LogP contribution is 2.37. The van der Waals surface area contributed by atoms with E-state index in [9.17, 15) is 4.79 Å². The zero-order chi connectivity index (χ0) is 16.7. The highest BCUT2D eigenvalue weighted by Gasteiger charge is 2.31. The van der Waals surface area contributed by atoms with Crippen LogP contribution in [-0.4, -0.2) is 42.7 Å². The molecule has 24 heavy (non-hydrogen) atoms. The van der Waals surface area contributed by atoms with Gasteiger partial charge in [-0.05, 0) is 47.9 Å². The van der Waals surface area contributed by atoms with Crippen LogP contribution < -0.4 is 9.47 Å². The summed E-state index contributed by atoms with van der Waals surface area (Å²) < 4.78 is 10.9. The van der Waals surface area contributed by atoms with Gasteiger partial charge in [0, 0.05) is 12.8 Å². The Morgan fingerprint density at radius 2 is 2.04 bits per heavy atom. The van der Waals surface area contributed by atoms with Gasteiger partial charge in [-0.1, -0.05) is 0 Å². The van der Waals surface area contributed by atoms with Gasteiger partial charge in [0.2, 0.25) is 0 Å². The fraction of sp³-hybridized carbons (Fsp3) is 0.333. The summed E-state index contributed by atoms with van der Waals surface area (Å²) in [6, 6.07) is 7.74. The molecule has 6 heteroatoms. The van der Waals surface area contributed by atoms with Crippen molar-refractivity contribution < 1.29 is 14.3 Å². The molecule has 124 valence electrons. The fourth-order valence-corrected chi connectivity index (χ4v) is 3.58. The van der Waals surface area contributed by atoms with Crippen LogP contribution in [0.5, 0.6) is 11.5 Å². The molecule has 0 bridgehead atoms. The van der Waals surface area contributed by atoms with Crippen molar-refractivity contribution in [3.8, 4) is 11.5 Å². The van der Waals surface area contributed by atoms with Crippen LogP contribution in [-0.2, 0) is 0 Å². The Balaban J connectivity index is 1.88. The topological polar surface area (TPSA) is 51.1 Å². The zero-order valence-electron chi connectivity index (χ0n) is 13.4. The number of rotatable bonds is 3. The summed E-state index contributed by atoms with van der Waals surface area (Å²) in [6.45, 7) is 0.797. The minimum Gasteiger partial charge on any atom is -0.493 e. The third-order valence-electron chi connectivity index (χ3n) is 4.63. The largest absolute Gasteiger partial charge is 0.493 e. The van der Waals surface area contributed by atoms with Crippen molar-refractivity contribution in [1.82, 2.24) is 4.90 Å². The van der Waals surface area contributed by atoms with E-state index < -0.39 is 0 Å². The monoisotopic (exact) mass is 342 g/mol. The lowest BCUT2D eigenvalue weighted by molar-refractivity contribution is 0.0775. The molecule has 2 aromatic carbocycles. The molecule has 2 aromatic rings. The smallest absolute Gasteiger partial charge is 0.256 e. The highest BCUT2D eigenvalue weighted by atomic mass is 32.1. The number of carbonyl (C=O) groups is 1. The van der Waals surface area contributed by atoms with Crippen molar-refractivity contribution in [2.75, 3.05) is 19.6 Å². The Bertz CT molecular complexity index is 850. The molecule has 0 N–H and O–H groups in total. The molecule has 2 aliphatic heterocycles. The molecule has 1 unspecified atom stereocenters. The van der Waals surface area contributed by atoms with Gasteiger partial charge in [0.1, 0.15) is 5.94 Å². The summed E-state index contributed by atoms with van der Waals surface area (Å²) >= 11 is 4.10. The molecule has 0 aromatic heterocycles. The number of ether oxygens (including phenoxy) is 2. The Morgan fingerprint density at radius 3 is 2.83 bits per heavy atom. The molecular formula is C18H18N2O3S. The maximum absolute atomic E-state index is 12.9. The number of benzene rings is 2. The molecule has 0 spiro atoms. The van der Waals surface area contributed by atoms with Gasteiger partial charge in [0.25, 0.3) is 5.91 Å². The van der Waals surface area contributed by atoms with Gasteiger partial charge >= 0.3 is 0 Å². The molecule has 1 amide bonds. The van der Waals surface area contributed by atoms with Gasteiger partial charge in [0.05, 0.1) is 24.4 Å². The first-order valence-electron chi connectivity index (χ1n) is 7.96. The van der Waals surface area contributed by atoms with Crippen LogP contribution in [0, 0.1) is 0 Å². The van der Waals surface area contributed by atoms with Crippen molar-refractivity contribution >= 4 is 41.2 Å². The molecule has 5 nitrogen and oxygen atoms in total. The second kappa shape index (κ2) is 6.02. The van der Waals surface area contributed by atoms with Gasteiger partial charge in [-0.15, -0.1) is 12.6 Å². The second-order valence-electron chi connectivity index (χ2n) is 5.98. The van der Waals surface area contributed by atoms with Crippen molar-refractivity contribution in [1.29, 1.82) is 0 Å². The van der Waals surface area contributed by atoms with E-state index in [4.69, 9.17) is 9.47 Å². The van der Waals surface area contributed by atoms with Gasteiger partial charge in [0.15, 0.2) is 11.5 Å². The zero-order valence-corrected chi connectivity index (χ0v) is 14.3. The minimum absolute atomic E-state index is 0.0570. The van der Waals surface area contributed by atoms with E-state index >= 15 is 0 Å². The third kappa shape index (κ3) is 2.41. The molecule has 2 heterocycles. The number of nitrogens with zero attached hydrogens (tertiary/aromatic N) is 2. The lowest BCUT2D eigenvalue weighted by Crippen LogP contribution is -2.35. The number of fused-ring (bicyclic) bond motifs is 3. The molecule has 0 aliphatic carbocycles. The maximum atomic E-state index is 12.9. The van der Waals surface area contributed by atoms with E-state index in [-0.39, 0.29) is 17.9 Å². The van der Waals surface area contributed by atoms with E-state index in [0.29, 0.717) is 22.7 Å². The lowest BCUT2D eigenvalue weighted by atomic mass is 10.0. The molecule has 1 atom stereocenters. The summed E-state index contributed by atoms with van der Waals surface area (Å²) in [5, 5.41) is 1.89. The van der Waals surface area contributed by atoms with E-state index in [1.54, 1.807) is 7.11 Å². The predicted octanol–water partition coefficient (Wildman–Crippen LogP) is 3.44. The molecule has 4 rings (SSSR count). The number of thiol groups is 1. The predicted molar refractivity (Wildman–Crippen MR) is 97.2 cm³/mol. The summed E-state index contributed by atoms with van der Waals surface area (Å²) in [6.07, 6.45) is 3.91. The molecule has 1 fully saturated rings. The van der Waals surface area contributed by atoms with E-state index in [2.05, 4.69) is 17.6 Å². The number of amides is 1. The molecular weight excluding hydrogens is 324 g/mol. The first kappa shape index (κ1) is 15.3. The van der Waals surface area contributed by atoms with Crippen LogP contribution in [0.15, 0.2) is 29.3 Å². The van der Waals surface area contributed by atoms with Gasteiger partial charge in [-0.25, -0.2) is 0 Å². The van der Waals surface area contributed by atoms with Gasteiger partial charge in [-0.2, -0.15) is 0 Å². The van der Waals surface area contributed by atoms with Crippen molar-refractivity contribution in [3.63, 3.8) is 0 Å². The van der Waals surface area contributed by atoms with Crippen LogP contribution in [0.25, 0.3) is 10.8 Å². The number of hydrogen-bond acceptors (Lipinski definition) is 5. The summed E-state index contributed by atoms with van der Waals surface area (Å²) in [5.74, 6) is 1.58. The van der Waals surface area contributed by atoms with Crippen molar-refractivity contribution in [2.45, 2.75) is 18.9 Å². The minimum atomic E-state index is 0.0570. The van der Waals surface area contributed by atoms with Crippen molar-refractivity contribution in [3.05, 3.63) is 29.8 Å². The van der Waals surface area contributed by atoms with Crippen LogP contribution >= 0.6 is 12.6 Å². The van der Waals surface area contributed by atoms with E-state index in [1.165, 1.54) is 0 Å². The number of methoxy groups -OCH3 is 1. The second-order valence-corrected chi connectivity index (χ2v) is 6.24. The van der Waals surface area contributed by atoms with Gasteiger partial charge in [-0.3, -0.25) is 9.79 Å². The highest BCUT2D eigenvalue weighted by molar-refractivity contribution is 7.80. The summed E-state index contributed by atoms with van der Waals surface area (Å²) in [7, 11) is 1.60. The first-order valence-corrected chi connectivity index (χ1v) is 8.59. The first-order chi connectivity index (χ1) is 11.7. The van der Waals surface area contributed by atoms with Crippen LogP contribution in [0.2, 0.25) is 0 Å². The Labute approximate surface area is 145 Å². The standard InChI is InChI=1S/C18H18N2O3S/c1-22-16-7-11-5-14-15(6-12(11)8-17(16)23-10-24)19-9-13-3-2-4-20(13)18(14)21/h5-9,13,24H,2-4,10H2,1H3. The van der Waals surface area contributed by atoms with Crippen LogP contribution in [0.1, 0.15) is 23.2 Å².